The molecule has 0 aliphatic carbocycles. The van der Waals surface area contributed by atoms with Crippen molar-refractivity contribution in [2.24, 2.45) is 0 Å². The van der Waals surface area contributed by atoms with Crippen molar-refractivity contribution in [3.63, 3.8) is 0 Å². The van der Waals surface area contributed by atoms with Gasteiger partial charge in [-0.05, 0) is 53.9 Å². The zero-order chi connectivity index (χ0) is 17.8. The minimum absolute atomic E-state index is 0.262. The molecule has 0 saturated carbocycles. The maximum atomic E-state index is 12.9. The Labute approximate surface area is 158 Å². The van der Waals surface area contributed by atoms with E-state index in [1.807, 2.05) is 5.38 Å². The summed E-state index contributed by atoms with van der Waals surface area (Å²) in [5.74, 6) is -0.0171. The van der Waals surface area contributed by atoms with Gasteiger partial charge in [-0.3, -0.25) is 4.79 Å². The van der Waals surface area contributed by atoms with E-state index in [2.05, 4.69) is 5.32 Å². The molecule has 0 unspecified atom stereocenters. The first-order valence-corrected chi connectivity index (χ1v) is 8.87. The molecule has 7 heteroatoms. The van der Waals surface area contributed by atoms with Gasteiger partial charge in [0.25, 0.3) is 5.91 Å². The Morgan fingerprint density at radius 2 is 1.88 bits per heavy atom. The highest BCUT2D eigenvalue weighted by atomic mass is 35.5. The monoisotopic (exact) mass is 395 g/mol. The van der Waals surface area contributed by atoms with Crippen LogP contribution in [0.3, 0.4) is 0 Å². The lowest BCUT2D eigenvalue weighted by molar-refractivity contribution is 0.103. The van der Waals surface area contributed by atoms with Gasteiger partial charge < -0.3 is 10.1 Å². The number of ether oxygens (including phenoxy) is 1. The first-order valence-electron chi connectivity index (χ1n) is 7.23. The Kier molecular flexibility index (Phi) is 5.58. The van der Waals surface area contributed by atoms with Crippen molar-refractivity contribution >= 4 is 46.1 Å². The number of rotatable bonds is 5. The van der Waals surface area contributed by atoms with E-state index in [9.17, 15) is 9.18 Å². The van der Waals surface area contributed by atoms with Crippen molar-refractivity contribution in [2.75, 3.05) is 5.32 Å². The molecule has 128 valence electrons. The molecule has 1 N–H and O–H groups in total. The summed E-state index contributed by atoms with van der Waals surface area (Å²) < 4.78 is 18.4. The summed E-state index contributed by atoms with van der Waals surface area (Å²) in [5, 5.41) is 5.45. The van der Waals surface area contributed by atoms with Gasteiger partial charge in [0, 0.05) is 10.6 Å². The molecule has 0 atom stereocenters. The van der Waals surface area contributed by atoms with Gasteiger partial charge in [-0.15, -0.1) is 11.3 Å². The predicted molar refractivity (Wildman–Crippen MR) is 99.5 cm³/mol. The largest absolute Gasteiger partial charge is 0.489 e. The zero-order valence-electron chi connectivity index (χ0n) is 12.8. The summed E-state index contributed by atoms with van der Waals surface area (Å²) in [6.45, 7) is 0.289. The van der Waals surface area contributed by atoms with Crippen LogP contribution in [0.2, 0.25) is 10.0 Å². The van der Waals surface area contributed by atoms with Crippen LogP contribution >= 0.6 is 34.5 Å². The highest BCUT2D eigenvalue weighted by Crippen LogP contribution is 2.26. The molecule has 2 aromatic carbocycles. The van der Waals surface area contributed by atoms with Crippen LogP contribution in [-0.4, -0.2) is 5.91 Å². The number of benzene rings is 2. The second-order valence-corrected chi connectivity index (χ2v) is 6.89. The lowest BCUT2D eigenvalue weighted by Crippen LogP contribution is -2.10. The lowest BCUT2D eigenvalue weighted by Gasteiger charge is -2.06. The number of anilines is 1. The van der Waals surface area contributed by atoms with Crippen molar-refractivity contribution in [1.82, 2.24) is 0 Å². The van der Waals surface area contributed by atoms with Crippen molar-refractivity contribution in [3.8, 4) is 5.75 Å². The van der Waals surface area contributed by atoms with E-state index in [0.29, 0.717) is 26.4 Å². The smallest absolute Gasteiger partial charge is 0.265 e. The van der Waals surface area contributed by atoms with Gasteiger partial charge in [-0.2, -0.15) is 0 Å². The Morgan fingerprint density at radius 3 is 2.60 bits per heavy atom. The maximum absolute atomic E-state index is 12.9. The van der Waals surface area contributed by atoms with Crippen LogP contribution in [0.5, 0.6) is 5.75 Å². The number of hydrogen-bond donors (Lipinski definition) is 1. The molecule has 0 fully saturated rings. The van der Waals surface area contributed by atoms with E-state index in [4.69, 9.17) is 27.9 Å². The molecule has 0 bridgehead atoms. The molecule has 3 rings (SSSR count). The Morgan fingerprint density at radius 1 is 1.12 bits per heavy atom. The van der Waals surface area contributed by atoms with Crippen LogP contribution in [0, 0.1) is 5.82 Å². The molecule has 1 aromatic heterocycles. The normalized spacial score (nSPS) is 10.5. The van der Waals surface area contributed by atoms with Crippen LogP contribution in [0.4, 0.5) is 10.1 Å². The number of thiophene rings is 1. The number of amides is 1. The van der Waals surface area contributed by atoms with E-state index in [1.54, 1.807) is 36.4 Å². The van der Waals surface area contributed by atoms with Gasteiger partial charge in [0.2, 0.25) is 0 Å². The van der Waals surface area contributed by atoms with Crippen LogP contribution in [0.15, 0.2) is 53.9 Å². The van der Waals surface area contributed by atoms with Gasteiger partial charge in [0.15, 0.2) is 0 Å². The number of hydrogen-bond acceptors (Lipinski definition) is 3. The fourth-order valence-corrected chi connectivity index (χ4v) is 3.29. The fraction of sp³-hybridized carbons (Fsp3) is 0.0556. The SMILES string of the molecule is O=C(Nc1ccc(Cl)cc1Cl)c1cc(COc2ccc(F)cc2)cs1. The Balaban J connectivity index is 1.62. The number of nitrogens with one attached hydrogen (secondary N) is 1. The van der Waals surface area contributed by atoms with Crippen molar-refractivity contribution < 1.29 is 13.9 Å². The molecule has 3 aromatic rings. The van der Waals surface area contributed by atoms with E-state index in [0.717, 1.165) is 5.56 Å². The number of carbonyl (C=O) groups excluding carboxylic acids is 1. The average molecular weight is 396 g/mol. The van der Waals surface area contributed by atoms with Crippen molar-refractivity contribution in [2.45, 2.75) is 6.61 Å². The highest BCUT2D eigenvalue weighted by molar-refractivity contribution is 7.12. The van der Waals surface area contributed by atoms with Gasteiger partial charge in [-0.25, -0.2) is 4.39 Å². The van der Waals surface area contributed by atoms with Crippen molar-refractivity contribution in [1.29, 1.82) is 0 Å². The second kappa shape index (κ2) is 7.87. The third kappa shape index (κ3) is 4.72. The molecule has 0 aliphatic rings. The molecule has 0 spiro atoms. The van der Waals surface area contributed by atoms with Crippen molar-refractivity contribution in [3.05, 3.63) is 80.2 Å². The van der Waals surface area contributed by atoms with Crippen LogP contribution in [-0.2, 0) is 6.61 Å². The summed E-state index contributed by atoms with van der Waals surface area (Å²) >= 11 is 13.2. The van der Waals surface area contributed by atoms with Crippen LogP contribution < -0.4 is 10.1 Å². The molecule has 0 radical (unpaired) electrons. The predicted octanol–water partition coefficient (Wildman–Crippen LogP) is 6.03. The molecule has 0 saturated heterocycles. The summed E-state index contributed by atoms with van der Waals surface area (Å²) in [4.78, 5) is 12.8. The third-order valence-corrected chi connectivity index (χ3v) is 4.80. The topological polar surface area (TPSA) is 38.3 Å². The van der Waals surface area contributed by atoms with E-state index in [-0.39, 0.29) is 18.3 Å². The van der Waals surface area contributed by atoms with Crippen LogP contribution in [0.25, 0.3) is 0 Å². The van der Waals surface area contributed by atoms with Gasteiger partial charge in [-0.1, -0.05) is 23.2 Å². The quantitative estimate of drug-likeness (QED) is 0.572. The first kappa shape index (κ1) is 17.7. The number of halogens is 3. The lowest BCUT2D eigenvalue weighted by atomic mass is 10.3. The molecule has 1 heterocycles. The molecule has 25 heavy (non-hydrogen) atoms. The Hall–Kier alpha value is -2.08. The zero-order valence-corrected chi connectivity index (χ0v) is 15.1. The molecular formula is C18H12Cl2FNO2S. The van der Waals surface area contributed by atoms with E-state index in [1.165, 1.54) is 23.5 Å². The molecular weight excluding hydrogens is 384 g/mol. The molecule has 3 nitrogen and oxygen atoms in total. The summed E-state index contributed by atoms with van der Waals surface area (Å²) in [7, 11) is 0. The minimum atomic E-state index is -0.317. The Bertz CT molecular complexity index is 896. The van der Waals surface area contributed by atoms with E-state index < -0.39 is 0 Å². The highest BCUT2D eigenvalue weighted by Gasteiger charge is 2.12. The van der Waals surface area contributed by atoms with Gasteiger partial charge >= 0.3 is 0 Å². The average Bonchev–Trinajstić information content (AvgIpc) is 3.06. The molecule has 0 aliphatic heterocycles. The fourth-order valence-electron chi connectivity index (χ4n) is 2.04. The summed E-state index contributed by atoms with van der Waals surface area (Å²) in [6, 6.07) is 12.4. The van der Waals surface area contributed by atoms with Gasteiger partial charge in [0.1, 0.15) is 18.2 Å². The van der Waals surface area contributed by atoms with Crippen LogP contribution in [0.1, 0.15) is 15.2 Å². The minimum Gasteiger partial charge on any atom is -0.489 e. The third-order valence-electron chi connectivity index (χ3n) is 3.28. The summed E-state index contributed by atoms with van der Waals surface area (Å²) in [6.07, 6.45) is 0. The van der Waals surface area contributed by atoms with Gasteiger partial charge in [0.05, 0.1) is 15.6 Å². The second-order valence-electron chi connectivity index (χ2n) is 5.14. The maximum Gasteiger partial charge on any atom is 0.265 e. The summed E-state index contributed by atoms with van der Waals surface area (Å²) in [5.41, 5.74) is 1.34. The van der Waals surface area contributed by atoms with E-state index >= 15 is 0 Å². The number of carbonyl (C=O) groups is 1. The first-order chi connectivity index (χ1) is 12.0. The standard InChI is InChI=1S/C18H12Cl2FNO2S/c19-12-1-6-16(15(20)8-12)22-18(23)17-7-11(10-25-17)9-24-14-4-2-13(21)3-5-14/h1-8,10H,9H2,(H,22,23). The molecule has 1 amide bonds.